The Labute approximate surface area is 147 Å². The molecule has 23 heavy (non-hydrogen) atoms. The van der Waals surface area contributed by atoms with Crippen molar-refractivity contribution >= 4 is 33.2 Å². The Morgan fingerprint density at radius 2 is 2.26 bits per heavy atom. The number of hydrogen-bond donors (Lipinski definition) is 1. The summed E-state index contributed by atoms with van der Waals surface area (Å²) in [6, 6.07) is 4.00. The van der Waals surface area contributed by atoms with Crippen molar-refractivity contribution in [1.29, 1.82) is 5.26 Å². The van der Waals surface area contributed by atoms with E-state index in [2.05, 4.69) is 22.0 Å². The second-order valence-electron chi connectivity index (χ2n) is 4.89. The van der Waals surface area contributed by atoms with Gasteiger partial charge in [0.1, 0.15) is 17.4 Å². The van der Waals surface area contributed by atoms with E-state index >= 15 is 0 Å². The standard InChI is InChI=1S/C16H17BrN2O3S/c1-4-11-10(17)6-12(23-11)14-9(7-18)15(19)22-8(3)13(14)16(20)21-5-2/h6,14H,4-5,19H2,1-3H3. The molecule has 0 aliphatic carbocycles. The van der Waals surface area contributed by atoms with Gasteiger partial charge in [0.05, 0.1) is 18.1 Å². The topological polar surface area (TPSA) is 85.3 Å². The molecule has 7 heteroatoms. The van der Waals surface area contributed by atoms with Crippen LogP contribution in [0.25, 0.3) is 0 Å². The first kappa shape index (κ1) is 17.6. The molecule has 122 valence electrons. The van der Waals surface area contributed by atoms with Gasteiger partial charge in [-0.05, 0) is 42.3 Å². The molecule has 0 radical (unpaired) electrons. The number of hydrogen-bond acceptors (Lipinski definition) is 6. The Kier molecular flexibility index (Phi) is 5.50. The number of nitrogens with two attached hydrogens (primary N) is 1. The van der Waals surface area contributed by atoms with E-state index in [1.54, 1.807) is 25.2 Å². The first-order valence-electron chi connectivity index (χ1n) is 7.18. The van der Waals surface area contributed by atoms with Gasteiger partial charge in [-0.1, -0.05) is 6.92 Å². The van der Waals surface area contributed by atoms with Gasteiger partial charge in [0.15, 0.2) is 0 Å². The summed E-state index contributed by atoms with van der Waals surface area (Å²) in [4.78, 5) is 14.4. The Morgan fingerprint density at radius 1 is 1.57 bits per heavy atom. The molecule has 0 fully saturated rings. The van der Waals surface area contributed by atoms with Crippen molar-refractivity contribution in [3.8, 4) is 6.07 Å². The lowest BCUT2D eigenvalue weighted by Gasteiger charge is -2.25. The van der Waals surface area contributed by atoms with E-state index in [0.29, 0.717) is 11.3 Å². The van der Waals surface area contributed by atoms with Crippen molar-refractivity contribution in [3.63, 3.8) is 0 Å². The largest absolute Gasteiger partial charge is 0.463 e. The van der Waals surface area contributed by atoms with Crippen molar-refractivity contribution < 1.29 is 14.3 Å². The minimum absolute atomic E-state index is 0.0330. The number of rotatable bonds is 4. The predicted octanol–water partition coefficient (Wildman–Crippen LogP) is 3.72. The van der Waals surface area contributed by atoms with Gasteiger partial charge >= 0.3 is 5.97 Å². The molecule has 0 bridgehead atoms. The monoisotopic (exact) mass is 396 g/mol. The maximum atomic E-state index is 12.4. The van der Waals surface area contributed by atoms with Crippen LogP contribution in [0.4, 0.5) is 0 Å². The molecule has 2 rings (SSSR count). The summed E-state index contributed by atoms with van der Waals surface area (Å²) in [7, 11) is 0. The van der Waals surface area contributed by atoms with Gasteiger partial charge in [-0.3, -0.25) is 0 Å². The van der Waals surface area contributed by atoms with Crippen LogP contribution in [0, 0.1) is 11.3 Å². The van der Waals surface area contributed by atoms with Crippen LogP contribution in [0.2, 0.25) is 0 Å². The molecule has 1 aromatic heterocycles. The zero-order chi connectivity index (χ0) is 17.1. The maximum Gasteiger partial charge on any atom is 0.338 e. The van der Waals surface area contributed by atoms with Crippen LogP contribution in [0.15, 0.2) is 33.3 Å². The van der Waals surface area contributed by atoms with Gasteiger partial charge in [-0.25, -0.2) is 4.79 Å². The van der Waals surface area contributed by atoms with Crippen LogP contribution in [-0.4, -0.2) is 12.6 Å². The predicted molar refractivity (Wildman–Crippen MR) is 91.4 cm³/mol. The Hall–Kier alpha value is -1.78. The zero-order valence-electron chi connectivity index (χ0n) is 13.1. The average Bonchev–Trinajstić information content (AvgIpc) is 2.87. The van der Waals surface area contributed by atoms with Crippen LogP contribution >= 0.6 is 27.3 Å². The third-order valence-corrected chi connectivity index (χ3v) is 5.80. The molecule has 1 atom stereocenters. The minimum Gasteiger partial charge on any atom is -0.463 e. The van der Waals surface area contributed by atoms with Crippen LogP contribution in [0.1, 0.15) is 36.4 Å². The van der Waals surface area contributed by atoms with E-state index in [-0.39, 0.29) is 18.1 Å². The Morgan fingerprint density at radius 3 is 2.78 bits per heavy atom. The van der Waals surface area contributed by atoms with E-state index in [9.17, 15) is 10.1 Å². The lowest BCUT2D eigenvalue weighted by molar-refractivity contribution is -0.139. The van der Waals surface area contributed by atoms with E-state index < -0.39 is 11.9 Å². The first-order valence-corrected chi connectivity index (χ1v) is 8.79. The summed E-state index contributed by atoms with van der Waals surface area (Å²) in [6.45, 7) is 5.69. The van der Waals surface area contributed by atoms with Crippen LogP contribution in [-0.2, 0) is 20.7 Å². The SMILES string of the molecule is CCOC(=O)C1=C(C)OC(N)=C(C#N)C1c1cc(Br)c(CC)s1. The smallest absolute Gasteiger partial charge is 0.338 e. The van der Waals surface area contributed by atoms with Crippen LogP contribution < -0.4 is 5.73 Å². The van der Waals surface area contributed by atoms with Crippen LogP contribution in [0.3, 0.4) is 0 Å². The van der Waals surface area contributed by atoms with E-state index in [4.69, 9.17) is 15.2 Å². The molecule has 0 saturated heterocycles. The Bertz CT molecular complexity index is 743. The van der Waals surface area contributed by atoms with Crippen molar-refractivity contribution in [2.75, 3.05) is 6.61 Å². The number of allylic oxidation sites excluding steroid dienone is 2. The minimum atomic E-state index is -0.561. The fraction of sp³-hybridized carbons (Fsp3) is 0.375. The number of nitriles is 1. The van der Waals surface area contributed by atoms with E-state index in [1.165, 1.54) is 0 Å². The number of aryl methyl sites for hydroxylation is 1. The lowest BCUT2D eigenvalue weighted by Crippen LogP contribution is -2.25. The highest BCUT2D eigenvalue weighted by Crippen LogP contribution is 2.44. The Balaban J connectivity index is 2.61. The van der Waals surface area contributed by atoms with E-state index in [1.807, 2.05) is 13.0 Å². The molecule has 1 aromatic rings. The molecule has 2 N–H and O–H groups in total. The van der Waals surface area contributed by atoms with Gasteiger partial charge in [0.2, 0.25) is 5.88 Å². The lowest BCUT2D eigenvalue weighted by atomic mass is 9.87. The highest BCUT2D eigenvalue weighted by atomic mass is 79.9. The summed E-state index contributed by atoms with van der Waals surface area (Å²) in [5.41, 5.74) is 6.42. The van der Waals surface area contributed by atoms with Crippen molar-refractivity contribution in [2.24, 2.45) is 5.73 Å². The fourth-order valence-corrected chi connectivity index (χ4v) is 4.49. The van der Waals surface area contributed by atoms with E-state index in [0.717, 1.165) is 20.6 Å². The molecule has 5 nitrogen and oxygen atoms in total. The maximum absolute atomic E-state index is 12.4. The summed E-state index contributed by atoms with van der Waals surface area (Å²) in [6.07, 6.45) is 0.854. The number of halogens is 1. The molecule has 1 aliphatic rings. The van der Waals surface area contributed by atoms with Gasteiger partial charge in [0.25, 0.3) is 0 Å². The molecule has 0 spiro atoms. The third-order valence-electron chi connectivity index (χ3n) is 3.48. The molecule has 1 aliphatic heterocycles. The van der Waals surface area contributed by atoms with Crippen LogP contribution in [0.5, 0.6) is 0 Å². The van der Waals surface area contributed by atoms with Crippen molar-refractivity contribution in [3.05, 3.63) is 43.1 Å². The highest BCUT2D eigenvalue weighted by Gasteiger charge is 2.37. The number of carbonyl (C=O) groups is 1. The first-order chi connectivity index (χ1) is 10.9. The van der Waals surface area contributed by atoms with Gasteiger partial charge in [-0.15, -0.1) is 11.3 Å². The molecule has 0 amide bonds. The molecule has 0 aromatic carbocycles. The number of esters is 1. The van der Waals surface area contributed by atoms with Gasteiger partial charge < -0.3 is 15.2 Å². The molecular formula is C16H17BrN2O3S. The van der Waals surface area contributed by atoms with Gasteiger partial charge in [-0.2, -0.15) is 5.26 Å². The summed E-state index contributed by atoms with van der Waals surface area (Å²) >= 11 is 5.06. The third kappa shape index (κ3) is 3.28. The van der Waals surface area contributed by atoms with Crippen molar-refractivity contribution in [2.45, 2.75) is 33.1 Å². The molecular weight excluding hydrogens is 380 g/mol. The summed E-state index contributed by atoms with van der Waals surface area (Å²) in [5.74, 6) is -0.648. The number of ether oxygens (including phenoxy) is 2. The quantitative estimate of drug-likeness (QED) is 0.783. The zero-order valence-corrected chi connectivity index (χ0v) is 15.5. The van der Waals surface area contributed by atoms with Gasteiger partial charge in [0, 0.05) is 14.2 Å². The molecule has 2 heterocycles. The second kappa shape index (κ2) is 7.20. The molecule has 1 unspecified atom stereocenters. The normalized spacial score (nSPS) is 17.8. The molecule has 0 saturated carbocycles. The average molecular weight is 397 g/mol. The number of carbonyl (C=O) groups excluding carboxylic acids is 1. The highest BCUT2D eigenvalue weighted by molar-refractivity contribution is 9.10. The summed E-state index contributed by atoms with van der Waals surface area (Å²) < 4.78 is 11.5. The van der Waals surface area contributed by atoms with Crippen molar-refractivity contribution in [1.82, 2.24) is 0 Å². The summed E-state index contributed by atoms with van der Waals surface area (Å²) in [5, 5.41) is 9.49. The fourth-order valence-electron chi connectivity index (χ4n) is 2.45. The number of nitrogens with zero attached hydrogens (tertiary/aromatic N) is 1. The second-order valence-corrected chi connectivity index (χ2v) is 6.91. The number of thiophene rings is 1.